The molecule has 6 nitrogen and oxygen atoms in total. The minimum absolute atomic E-state index is 0.162. The fraction of sp³-hybridized carbons (Fsp3) is 0.929. The topological polar surface area (TPSA) is 102 Å². The Kier molecular flexibility index (Phi) is 5.38. The first-order valence-electron chi connectivity index (χ1n) is 8.75. The predicted molar refractivity (Wildman–Crippen MR) is 88.3 cm³/mol. The Labute approximate surface area is 176 Å². The fourth-order valence-corrected chi connectivity index (χ4v) is 13.5. The largest absolute Gasteiger partial charge is 0.470 e. The molecule has 2 atom stereocenters. The third kappa shape index (κ3) is 3.36. The molecule has 4 aliphatic carbocycles. The van der Waals surface area contributed by atoms with Crippen molar-refractivity contribution in [1.82, 2.24) is 0 Å². The van der Waals surface area contributed by atoms with Crippen LogP contribution in [0.2, 0.25) is 0 Å². The minimum Gasteiger partial charge on any atom is -0.260 e. The summed E-state index contributed by atoms with van der Waals surface area (Å²) in [4.78, 5) is 0. The maximum Gasteiger partial charge on any atom is 0.470 e. The second kappa shape index (κ2) is 6.66. The van der Waals surface area contributed by atoms with Crippen molar-refractivity contribution in [3.8, 4) is 0 Å². The molecule has 0 heterocycles. The molecule has 4 rings (SSSR count). The summed E-state index contributed by atoms with van der Waals surface area (Å²) < 4.78 is 187. The molecule has 0 spiro atoms. The van der Waals surface area contributed by atoms with Gasteiger partial charge in [0, 0.05) is 4.75 Å². The van der Waals surface area contributed by atoms with Crippen LogP contribution in [0.5, 0.6) is 0 Å². The second-order valence-electron chi connectivity index (χ2n) is 8.52. The van der Waals surface area contributed by atoms with Gasteiger partial charge in [0.05, 0.1) is 13.8 Å². The quantitative estimate of drug-likeness (QED) is 0.388. The van der Waals surface area contributed by atoms with Crippen LogP contribution in [0, 0.1) is 15.7 Å². The summed E-state index contributed by atoms with van der Waals surface area (Å²) in [6, 6.07) is 0. The van der Waals surface area contributed by atoms with E-state index in [4.69, 9.17) is 0 Å². The van der Waals surface area contributed by atoms with Crippen molar-refractivity contribution in [3.05, 3.63) is 3.91 Å². The number of sulfone groups is 3. The highest BCUT2D eigenvalue weighted by atomic mass is 32.3. The van der Waals surface area contributed by atoms with Crippen molar-refractivity contribution >= 4 is 29.5 Å². The molecule has 0 radical (unpaired) electrons. The van der Waals surface area contributed by atoms with Crippen molar-refractivity contribution in [1.29, 1.82) is 0 Å². The molecule has 0 aromatic heterocycles. The molecule has 0 amide bonds. The third-order valence-electron chi connectivity index (χ3n) is 6.14. The Morgan fingerprint density at radius 2 is 1.16 bits per heavy atom. The van der Waals surface area contributed by atoms with Gasteiger partial charge in [-0.2, -0.15) is 35.1 Å². The van der Waals surface area contributed by atoms with Crippen molar-refractivity contribution < 1.29 is 64.8 Å². The molecule has 32 heavy (non-hydrogen) atoms. The molecule has 0 N–H and O–H groups in total. The number of rotatable bonds is 5. The van der Waals surface area contributed by atoms with Gasteiger partial charge in [-0.05, 0) is 50.4 Å². The summed E-state index contributed by atoms with van der Waals surface area (Å²) in [5.74, 6) is -1.73. The van der Waals surface area contributed by atoms with E-state index < -0.39 is 91.9 Å². The van der Waals surface area contributed by atoms with E-state index in [-0.39, 0.29) is 19.3 Å². The average molecular weight is 545 g/mol. The SMILES string of the molecule is O=S(=O)([C-](S(=O)(=O)C12CC3CC(CC(F)(C3)C1)C2)S(=O)(=O)C(F)(F)C(F)(F)F)C(F)(F)F. The van der Waals surface area contributed by atoms with E-state index in [0.717, 1.165) is 0 Å². The van der Waals surface area contributed by atoms with Crippen LogP contribution in [0.3, 0.4) is 0 Å². The van der Waals surface area contributed by atoms with Crippen LogP contribution in [0.15, 0.2) is 0 Å². The van der Waals surface area contributed by atoms with Crippen LogP contribution in [0.1, 0.15) is 38.5 Å². The van der Waals surface area contributed by atoms with Gasteiger partial charge in [0.2, 0.25) is 0 Å². The Morgan fingerprint density at radius 1 is 0.719 bits per heavy atom. The molecule has 4 aliphatic rings. The van der Waals surface area contributed by atoms with Crippen LogP contribution in [-0.4, -0.2) is 52.6 Å². The lowest BCUT2D eigenvalue weighted by Gasteiger charge is -2.60. The first-order chi connectivity index (χ1) is 13.9. The third-order valence-corrected chi connectivity index (χ3v) is 14.5. The number of hydrogen-bond donors (Lipinski definition) is 0. The molecule has 2 unspecified atom stereocenters. The van der Waals surface area contributed by atoms with Crippen LogP contribution in [-0.2, 0) is 29.5 Å². The van der Waals surface area contributed by atoms with Crippen molar-refractivity contribution in [2.75, 3.05) is 0 Å². The van der Waals surface area contributed by atoms with E-state index >= 15 is 4.39 Å². The van der Waals surface area contributed by atoms with Crippen LogP contribution in [0.4, 0.5) is 39.5 Å². The lowest BCUT2D eigenvalue weighted by atomic mass is 9.54. The fourth-order valence-electron chi connectivity index (χ4n) is 5.34. The monoisotopic (exact) mass is 545 g/mol. The normalized spacial score (nSPS) is 34.3. The molecule has 0 saturated heterocycles. The van der Waals surface area contributed by atoms with E-state index in [0.29, 0.717) is 0 Å². The van der Waals surface area contributed by atoms with Gasteiger partial charge in [-0.25, -0.2) is 4.39 Å². The average Bonchev–Trinajstić information content (AvgIpc) is 2.48. The summed E-state index contributed by atoms with van der Waals surface area (Å²) in [6.07, 6.45) is -10.3. The van der Waals surface area contributed by atoms with Gasteiger partial charge in [0.15, 0.2) is 9.84 Å². The second-order valence-corrected chi connectivity index (χ2v) is 15.4. The highest BCUT2D eigenvalue weighted by Crippen LogP contribution is 2.64. The molecule has 18 heteroatoms. The minimum atomic E-state index is -8.03. The first-order valence-corrected chi connectivity index (χ1v) is 13.2. The van der Waals surface area contributed by atoms with E-state index in [1.54, 1.807) is 0 Å². The van der Waals surface area contributed by atoms with Crippen LogP contribution < -0.4 is 0 Å². The maximum absolute atomic E-state index is 15.1. The van der Waals surface area contributed by atoms with Gasteiger partial charge in [-0.3, -0.25) is 25.3 Å². The first kappa shape index (κ1) is 25.8. The Hall–Kier alpha value is -0.780. The molecule has 188 valence electrons. The zero-order chi connectivity index (χ0) is 25.0. The summed E-state index contributed by atoms with van der Waals surface area (Å²) in [5.41, 5.74) is -9.24. The summed E-state index contributed by atoms with van der Waals surface area (Å²) in [6.45, 7) is 0. The van der Waals surface area contributed by atoms with Gasteiger partial charge < -0.3 is 0 Å². The van der Waals surface area contributed by atoms with E-state index in [1.165, 1.54) is 0 Å². The Bertz CT molecular complexity index is 1110. The van der Waals surface area contributed by atoms with Crippen molar-refractivity contribution in [2.24, 2.45) is 11.8 Å². The maximum atomic E-state index is 15.1. The molecule has 4 saturated carbocycles. The van der Waals surface area contributed by atoms with Gasteiger partial charge >= 0.3 is 16.9 Å². The molecule has 0 aromatic carbocycles. The van der Waals surface area contributed by atoms with E-state index in [1.807, 2.05) is 0 Å². The number of hydrogen-bond acceptors (Lipinski definition) is 6. The van der Waals surface area contributed by atoms with Crippen LogP contribution >= 0.6 is 0 Å². The van der Waals surface area contributed by atoms with Crippen molar-refractivity contribution in [3.63, 3.8) is 0 Å². The predicted octanol–water partition coefficient (Wildman–Crippen LogP) is 3.41. The van der Waals surface area contributed by atoms with Gasteiger partial charge in [0.25, 0.3) is 0 Å². The molecule has 0 aliphatic heterocycles. The molecule has 4 fully saturated rings. The molecule has 4 bridgehead atoms. The van der Waals surface area contributed by atoms with E-state index in [2.05, 4.69) is 0 Å². The smallest absolute Gasteiger partial charge is 0.260 e. The summed E-state index contributed by atoms with van der Waals surface area (Å²) in [7, 11) is -22.4. The van der Waals surface area contributed by atoms with Gasteiger partial charge in [-0.1, -0.05) is 0 Å². The molecular weight excluding hydrogens is 531 g/mol. The number of halogens is 9. The highest BCUT2D eigenvalue weighted by Gasteiger charge is 2.72. The number of alkyl halides is 9. The zero-order valence-electron chi connectivity index (χ0n) is 15.5. The van der Waals surface area contributed by atoms with Gasteiger partial charge in [0.1, 0.15) is 15.5 Å². The Morgan fingerprint density at radius 3 is 1.50 bits per heavy atom. The molecule has 0 aromatic rings. The standard InChI is InChI=1S/C14H14F9O6S3/c15-10-2-7-1-8(3-10)5-11(4-7,6-10)30(24,25)9(32(28,29)14(21,22)23)31(26,27)13(19,20)12(16,17)18/h7-8H,1-6H2/q-1. The summed E-state index contributed by atoms with van der Waals surface area (Å²) in [5, 5.41) is -7.20. The van der Waals surface area contributed by atoms with Gasteiger partial charge in [-0.15, -0.1) is 0 Å². The molecular formula is C14H14F9O6S3-. The Balaban J connectivity index is 2.31. The summed E-state index contributed by atoms with van der Waals surface area (Å²) >= 11 is 0. The van der Waals surface area contributed by atoms with Crippen molar-refractivity contribution in [2.45, 2.75) is 65.9 Å². The van der Waals surface area contributed by atoms with Crippen LogP contribution in [0.25, 0.3) is 0 Å². The lowest BCUT2D eigenvalue weighted by molar-refractivity contribution is -0.241. The zero-order valence-corrected chi connectivity index (χ0v) is 17.9. The highest BCUT2D eigenvalue weighted by molar-refractivity contribution is 8.29. The lowest BCUT2D eigenvalue weighted by Crippen LogP contribution is -2.63. The van der Waals surface area contributed by atoms with E-state index in [9.17, 15) is 60.4 Å².